The van der Waals surface area contributed by atoms with Crippen LogP contribution in [0.15, 0.2) is 0 Å². The topological polar surface area (TPSA) is 24.1 Å². The SMILES string of the molecule is CC1CCNC(C(C)(F)C2CCCNC2)C1. The molecule has 2 saturated heterocycles. The first-order chi connectivity index (χ1) is 7.60. The van der Waals surface area contributed by atoms with Crippen LogP contribution in [-0.4, -0.2) is 31.3 Å². The fourth-order valence-corrected chi connectivity index (χ4v) is 3.16. The average Bonchev–Trinajstić information content (AvgIpc) is 2.30. The number of nitrogens with one attached hydrogen (secondary N) is 2. The van der Waals surface area contributed by atoms with Crippen molar-refractivity contribution in [2.24, 2.45) is 11.8 Å². The van der Waals surface area contributed by atoms with Crippen LogP contribution in [0.3, 0.4) is 0 Å². The predicted octanol–water partition coefficient (Wildman–Crippen LogP) is 2.10. The van der Waals surface area contributed by atoms with Crippen LogP contribution in [0.25, 0.3) is 0 Å². The summed E-state index contributed by atoms with van der Waals surface area (Å²) in [5, 5.41) is 6.71. The molecule has 2 fully saturated rings. The molecular weight excluding hydrogens is 203 g/mol. The molecule has 2 N–H and O–H groups in total. The monoisotopic (exact) mass is 228 g/mol. The van der Waals surface area contributed by atoms with Gasteiger partial charge in [-0.25, -0.2) is 4.39 Å². The maximum Gasteiger partial charge on any atom is 0.127 e. The van der Waals surface area contributed by atoms with Gasteiger partial charge in [-0.15, -0.1) is 0 Å². The normalized spacial score (nSPS) is 40.3. The lowest BCUT2D eigenvalue weighted by molar-refractivity contribution is 0.0234. The quantitative estimate of drug-likeness (QED) is 0.756. The van der Waals surface area contributed by atoms with Gasteiger partial charge in [0, 0.05) is 18.5 Å². The van der Waals surface area contributed by atoms with Gasteiger partial charge in [-0.3, -0.25) is 0 Å². The number of halogens is 1. The minimum Gasteiger partial charge on any atom is -0.316 e. The van der Waals surface area contributed by atoms with Gasteiger partial charge in [0.05, 0.1) is 0 Å². The van der Waals surface area contributed by atoms with E-state index in [1.807, 2.05) is 0 Å². The summed E-state index contributed by atoms with van der Waals surface area (Å²) >= 11 is 0. The van der Waals surface area contributed by atoms with Gasteiger partial charge >= 0.3 is 0 Å². The molecule has 3 heteroatoms. The first-order valence-corrected chi connectivity index (χ1v) is 6.73. The average molecular weight is 228 g/mol. The molecule has 0 amide bonds. The third kappa shape index (κ3) is 2.57. The maximum absolute atomic E-state index is 14.9. The third-order valence-corrected chi connectivity index (χ3v) is 4.44. The molecule has 4 unspecified atom stereocenters. The van der Waals surface area contributed by atoms with Crippen molar-refractivity contribution in [2.45, 2.75) is 51.2 Å². The van der Waals surface area contributed by atoms with Gasteiger partial charge in [0.2, 0.25) is 0 Å². The van der Waals surface area contributed by atoms with Gasteiger partial charge in [-0.2, -0.15) is 0 Å². The lowest BCUT2D eigenvalue weighted by Crippen LogP contribution is -2.56. The molecule has 94 valence electrons. The van der Waals surface area contributed by atoms with Crippen LogP contribution in [0, 0.1) is 11.8 Å². The molecule has 2 heterocycles. The van der Waals surface area contributed by atoms with E-state index in [2.05, 4.69) is 17.6 Å². The summed E-state index contributed by atoms with van der Waals surface area (Å²) in [5.74, 6) is 0.849. The van der Waals surface area contributed by atoms with E-state index in [0.29, 0.717) is 5.92 Å². The number of hydrogen-bond acceptors (Lipinski definition) is 2. The Kier molecular flexibility index (Phi) is 3.85. The van der Waals surface area contributed by atoms with Crippen LogP contribution in [0.2, 0.25) is 0 Å². The van der Waals surface area contributed by atoms with E-state index in [-0.39, 0.29) is 12.0 Å². The Morgan fingerprint density at radius 1 is 1.25 bits per heavy atom. The minimum atomic E-state index is -1.05. The van der Waals surface area contributed by atoms with Gasteiger partial charge in [0.1, 0.15) is 5.67 Å². The molecule has 0 saturated carbocycles. The van der Waals surface area contributed by atoms with Crippen LogP contribution >= 0.6 is 0 Å². The summed E-state index contributed by atoms with van der Waals surface area (Å²) in [7, 11) is 0. The summed E-state index contributed by atoms with van der Waals surface area (Å²) in [6.07, 6.45) is 4.33. The lowest BCUT2D eigenvalue weighted by atomic mass is 9.75. The van der Waals surface area contributed by atoms with Gasteiger partial charge in [0.25, 0.3) is 0 Å². The molecule has 0 spiro atoms. The van der Waals surface area contributed by atoms with E-state index < -0.39 is 5.67 Å². The van der Waals surface area contributed by atoms with E-state index in [1.54, 1.807) is 6.92 Å². The largest absolute Gasteiger partial charge is 0.316 e. The molecule has 0 aromatic rings. The molecule has 0 aromatic heterocycles. The van der Waals surface area contributed by atoms with Crippen molar-refractivity contribution in [2.75, 3.05) is 19.6 Å². The smallest absolute Gasteiger partial charge is 0.127 e. The molecule has 0 bridgehead atoms. The van der Waals surface area contributed by atoms with Crippen molar-refractivity contribution in [1.29, 1.82) is 0 Å². The van der Waals surface area contributed by atoms with Crippen molar-refractivity contribution < 1.29 is 4.39 Å². The molecule has 2 nitrogen and oxygen atoms in total. The molecule has 16 heavy (non-hydrogen) atoms. The van der Waals surface area contributed by atoms with Crippen molar-refractivity contribution in [1.82, 2.24) is 10.6 Å². The van der Waals surface area contributed by atoms with Crippen LogP contribution in [0.5, 0.6) is 0 Å². The van der Waals surface area contributed by atoms with E-state index >= 15 is 0 Å². The van der Waals surface area contributed by atoms with Gasteiger partial charge in [0.15, 0.2) is 0 Å². The molecule has 0 radical (unpaired) electrons. The molecule has 2 aliphatic rings. The predicted molar refractivity (Wildman–Crippen MR) is 65.3 cm³/mol. The second kappa shape index (κ2) is 5.01. The Morgan fingerprint density at radius 3 is 2.69 bits per heavy atom. The number of rotatable bonds is 2. The Labute approximate surface area is 98.4 Å². The zero-order chi connectivity index (χ0) is 11.6. The van der Waals surface area contributed by atoms with Crippen molar-refractivity contribution in [3.05, 3.63) is 0 Å². The molecule has 2 aliphatic heterocycles. The Balaban J connectivity index is 1.98. The molecular formula is C13H25FN2. The number of alkyl halides is 1. The Morgan fingerprint density at radius 2 is 2.06 bits per heavy atom. The first-order valence-electron chi connectivity index (χ1n) is 6.73. The van der Waals surface area contributed by atoms with E-state index in [1.165, 1.54) is 6.42 Å². The first kappa shape index (κ1) is 12.3. The van der Waals surface area contributed by atoms with Crippen molar-refractivity contribution in [3.63, 3.8) is 0 Å². The standard InChI is InChI=1S/C13H25FN2/c1-10-5-7-16-12(8-10)13(2,14)11-4-3-6-15-9-11/h10-12,15-16H,3-9H2,1-2H3. The van der Waals surface area contributed by atoms with Gasteiger partial charge in [-0.05, 0) is 51.6 Å². The Hall–Kier alpha value is -0.150. The van der Waals surface area contributed by atoms with E-state index in [0.717, 1.165) is 38.9 Å². The third-order valence-electron chi connectivity index (χ3n) is 4.44. The number of hydrogen-bond donors (Lipinski definition) is 2. The summed E-state index contributed by atoms with van der Waals surface area (Å²) in [4.78, 5) is 0. The minimum absolute atomic E-state index is 0.0566. The molecule has 0 aromatic carbocycles. The highest BCUT2D eigenvalue weighted by Crippen LogP contribution is 2.35. The van der Waals surface area contributed by atoms with Crippen LogP contribution in [0.1, 0.15) is 39.5 Å². The highest BCUT2D eigenvalue weighted by molar-refractivity contribution is 4.98. The zero-order valence-corrected chi connectivity index (χ0v) is 10.6. The van der Waals surface area contributed by atoms with Crippen molar-refractivity contribution in [3.8, 4) is 0 Å². The highest BCUT2D eigenvalue weighted by atomic mass is 19.1. The van der Waals surface area contributed by atoms with Gasteiger partial charge in [-0.1, -0.05) is 6.92 Å². The highest BCUT2D eigenvalue weighted by Gasteiger charge is 2.43. The maximum atomic E-state index is 14.9. The fraction of sp³-hybridized carbons (Fsp3) is 1.00. The zero-order valence-electron chi connectivity index (χ0n) is 10.6. The Bertz CT molecular complexity index is 224. The van der Waals surface area contributed by atoms with Gasteiger partial charge < -0.3 is 10.6 Å². The summed E-state index contributed by atoms with van der Waals surface area (Å²) in [5.41, 5.74) is -1.05. The van der Waals surface area contributed by atoms with E-state index in [4.69, 9.17) is 0 Å². The second-order valence-electron chi connectivity index (χ2n) is 5.83. The summed E-state index contributed by atoms with van der Waals surface area (Å²) < 4.78 is 14.9. The summed E-state index contributed by atoms with van der Waals surface area (Å²) in [6.45, 7) is 6.93. The summed E-state index contributed by atoms with van der Waals surface area (Å²) in [6, 6.07) is 0.0566. The molecule has 0 aliphatic carbocycles. The van der Waals surface area contributed by atoms with E-state index in [9.17, 15) is 4.39 Å². The molecule has 4 atom stereocenters. The number of piperidine rings is 2. The van der Waals surface area contributed by atoms with Crippen LogP contribution in [0.4, 0.5) is 4.39 Å². The lowest BCUT2D eigenvalue weighted by Gasteiger charge is -2.42. The fourth-order valence-electron chi connectivity index (χ4n) is 3.16. The second-order valence-corrected chi connectivity index (χ2v) is 5.83. The van der Waals surface area contributed by atoms with Crippen LogP contribution in [-0.2, 0) is 0 Å². The van der Waals surface area contributed by atoms with Crippen molar-refractivity contribution >= 4 is 0 Å². The molecule has 2 rings (SSSR count). The van der Waals surface area contributed by atoms with Crippen LogP contribution < -0.4 is 10.6 Å².